The lowest BCUT2D eigenvalue weighted by Crippen LogP contribution is -2.45. The first-order chi connectivity index (χ1) is 14.0. The van der Waals surface area contributed by atoms with Gasteiger partial charge in [0.15, 0.2) is 0 Å². The second-order valence-corrected chi connectivity index (χ2v) is 8.34. The van der Waals surface area contributed by atoms with Gasteiger partial charge in [-0.25, -0.2) is 0 Å². The number of aromatic nitrogens is 2. The summed E-state index contributed by atoms with van der Waals surface area (Å²) in [6.07, 6.45) is 4.18. The van der Waals surface area contributed by atoms with E-state index in [1.54, 1.807) is 7.11 Å². The van der Waals surface area contributed by atoms with E-state index in [9.17, 15) is 9.59 Å². The molecule has 0 spiro atoms. The molecule has 156 valence electrons. The Hall–Kier alpha value is -2.48. The van der Waals surface area contributed by atoms with Gasteiger partial charge >= 0.3 is 0 Å². The molecule has 1 aromatic carbocycles. The number of ether oxygens (including phenoxy) is 1. The topological polar surface area (TPSA) is 84.4 Å². The molecule has 3 rings (SSSR count). The SMILES string of the molecule is CCC(C)N(CCC(=O)Nc1nnc(-c2cccc(OC)c2)s1)C(=O)C1CCC1. The highest BCUT2D eigenvalue weighted by atomic mass is 32.1. The summed E-state index contributed by atoms with van der Waals surface area (Å²) in [5.74, 6) is 0.910. The monoisotopic (exact) mass is 416 g/mol. The summed E-state index contributed by atoms with van der Waals surface area (Å²) in [6, 6.07) is 7.68. The molecule has 1 saturated carbocycles. The van der Waals surface area contributed by atoms with Crippen molar-refractivity contribution in [1.29, 1.82) is 0 Å². The fourth-order valence-electron chi connectivity index (χ4n) is 3.21. The summed E-state index contributed by atoms with van der Waals surface area (Å²) >= 11 is 1.31. The molecule has 0 aliphatic heterocycles. The van der Waals surface area contributed by atoms with Crippen molar-refractivity contribution in [1.82, 2.24) is 15.1 Å². The minimum absolute atomic E-state index is 0.136. The Morgan fingerprint density at radius 1 is 1.34 bits per heavy atom. The molecule has 1 fully saturated rings. The summed E-state index contributed by atoms with van der Waals surface area (Å²) in [6.45, 7) is 4.53. The van der Waals surface area contributed by atoms with Crippen molar-refractivity contribution in [2.75, 3.05) is 19.0 Å². The zero-order chi connectivity index (χ0) is 20.8. The average molecular weight is 417 g/mol. The Bertz CT molecular complexity index is 850. The van der Waals surface area contributed by atoms with Crippen LogP contribution < -0.4 is 10.1 Å². The Morgan fingerprint density at radius 3 is 2.79 bits per heavy atom. The van der Waals surface area contributed by atoms with E-state index in [2.05, 4.69) is 22.4 Å². The summed E-state index contributed by atoms with van der Waals surface area (Å²) in [4.78, 5) is 27.0. The van der Waals surface area contributed by atoms with Crippen LogP contribution in [0.3, 0.4) is 0 Å². The summed E-state index contributed by atoms with van der Waals surface area (Å²) in [5.41, 5.74) is 0.886. The first kappa shape index (κ1) is 21.2. The number of benzene rings is 1. The quantitative estimate of drug-likeness (QED) is 0.669. The molecule has 0 bridgehead atoms. The zero-order valence-corrected chi connectivity index (χ0v) is 18.0. The van der Waals surface area contributed by atoms with Gasteiger partial charge in [0.1, 0.15) is 10.8 Å². The maximum absolute atomic E-state index is 12.7. The number of nitrogens with one attached hydrogen (secondary N) is 1. The largest absolute Gasteiger partial charge is 0.497 e. The second kappa shape index (κ2) is 9.82. The van der Waals surface area contributed by atoms with E-state index in [-0.39, 0.29) is 30.2 Å². The highest BCUT2D eigenvalue weighted by molar-refractivity contribution is 7.18. The van der Waals surface area contributed by atoms with E-state index in [1.807, 2.05) is 36.1 Å². The third kappa shape index (κ3) is 5.32. The Morgan fingerprint density at radius 2 is 2.14 bits per heavy atom. The van der Waals surface area contributed by atoms with Crippen molar-refractivity contribution in [3.63, 3.8) is 0 Å². The number of anilines is 1. The van der Waals surface area contributed by atoms with Crippen LogP contribution in [0.25, 0.3) is 10.6 Å². The van der Waals surface area contributed by atoms with Gasteiger partial charge in [0.2, 0.25) is 16.9 Å². The average Bonchev–Trinajstić information content (AvgIpc) is 3.15. The van der Waals surface area contributed by atoms with Gasteiger partial charge in [-0.1, -0.05) is 36.8 Å². The van der Waals surface area contributed by atoms with Crippen molar-refractivity contribution in [2.45, 2.75) is 52.0 Å². The second-order valence-electron chi connectivity index (χ2n) is 7.36. The smallest absolute Gasteiger partial charge is 0.227 e. The van der Waals surface area contributed by atoms with Crippen molar-refractivity contribution in [3.8, 4) is 16.3 Å². The predicted octanol–water partition coefficient (Wildman–Crippen LogP) is 3.97. The Kier molecular flexibility index (Phi) is 7.19. The van der Waals surface area contributed by atoms with E-state index in [1.165, 1.54) is 11.3 Å². The third-order valence-corrected chi connectivity index (χ3v) is 6.32. The van der Waals surface area contributed by atoms with Crippen LogP contribution in [-0.2, 0) is 9.59 Å². The number of carbonyl (C=O) groups excluding carboxylic acids is 2. The van der Waals surface area contributed by atoms with Gasteiger partial charge in [-0.3, -0.25) is 9.59 Å². The predicted molar refractivity (Wildman–Crippen MR) is 114 cm³/mol. The van der Waals surface area contributed by atoms with Crippen LogP contribution in [0.15, 0.2) is 24.3 Å². The number of carbonyl (C=O) groups is 2. The fraction of sp³-hybridized carbons (Fsp3) is 0.524. The molecule has 2 amide bonds. The maximum Gasteiger partial charge on any atom is 0.227 e. The lowest BCUT2D eigenvalue weighted by molar-refractivity contribution is -0.140. The molecule has 7 nitrogen and oxygen atoms in total. The highest BCUT2D eigenvalue weighted by Crippen LogP contribution is 2.30. The normalized spacial score (nSPS) is 14.7. The van der Waals surface area contributed by atoms with E-state index in [0.717, 1.165) is 37.0 Å². The lowest BCUT2D eigenvalue weighted by Gasteiger charge is -2.35. The minimum Gasteiger partial charge on any atom is -0.497 e. The van der Waals surface area contributed by atoms with E-state index >= 15 is 0 Å². The van der Waals surface area contributed by atoms with E-state index in [0.29, 0.717) is 16.7 Å². The number of nitrogens with zero attached hydrogens (tertiary/aromatic N) is 3. The molecule has 0 saturated heterocycles. The molecule has 2 aromatic rings. The van der Waals surface area contributed by atoms with Crippen molar-refractivity contribution in [2.24, 2.45) is 5.92 Å². The molecule has 8 heteroatoms. The molecule has 1 aliphatic carbocycles. The van der Waals surface area contributed by atoms with Gasteiger partial charge in [0, 0.05) is 30.5 Å². The van der Waals surface area contributed by atoms with Crippen molar-refractivity contribution < 1.29 is 14.3 Å². The number of rotatable bonds is 9. The molecular formula is C21H28N4O3S. The molecule has 1 unspecified atom stereocenters. The number of amides is 2. The number of methoxy groups -OCH3 is 1. The molecule has 1 heterocycles. The van der Waals surface area contributed by atoms with Gasteiger partial charge in [-0.2, -0.15) is 0 Å². The third-order valence-electron chi connectivity index (χ3n) is 5.43. The van der Waals surface area contributed by atoms with E-state index in [4.69, 9.17) is 4.74 Å². The van der Waals surface area contributed by atoms with Gasteiger partial charge < -0.3 is 15.0 Å². The van der Waals surface area contributed by atoms with Crippen LogP contribution in [0, 0.1) is 5.92 Å². The molecule has 29 heavy (non-hydrogen) atoms. The van der Waals surface area contributed by atoms with Crippen LogP contribution in [0.5, 0.6) is 5.75 Å². The molecule has 1 aromatic heterocycles. The first-order valence-electron chi connectivity index (χ1n) is 10.1. The minimum atomic E-state index is -0.159. The van der Waals surface area contributed by atoms with Crippen molar-refractivity contribution >= 4 is 28.3 Å². The standard InChI is InChI=1S/C21H28N4O3S/c1-4-14(2)25(20(27)15-7-5-8-15)12-11-18(26)22-21-24-23-19(29-21)16-9-6-10-17(13-16)28-3/h6,9-10,13-15H,4-5,7-8,11-12H2,1-3H3,(H,22,24,26). The number of hydrogen-bond donors (Lipinski definition) is 1. The van der Waals surface area contributed by atoms with Crippen LogP contribution in [0.4, 0.5) is 5.13 Å². The van der Waals surface area contributed by atoms with Gasteiger partial charge in [-0.05, 0) is 38.3 Å². The van der Waals surface area contributed by atoms with Crippen LogP contribution in [0.1, 0.15) is 46.0 Å². The van der Waals surface area contributed by atoms with Crippen LogP contribution >= 0.6 is 11.3 Å². The molecule has 1 aliphatic rings. The summed E-state index contributed by atoms with van der Waals surface area (Å²) < 4.78 is 5.23. The molecule has 1 atom stereocenters. The summed E-state index contributed by atoms with van der Waals surface area (Å²) in [7, 11) is 1.61. The zero-order valence-electron chi connectivity index (χ0n) is 17.2. The van der Waals surface area contributed by atoms with Crippen LogP contribution in [0.2, 0.25) is 0 Å². The van der Waals surface area contributed by atoms with Gasteiger partial charge in [-0.15, -0.1) is 10.2 Å². The fourth-order valence-corrected chi connectivity index (χ4v) is 3.96. The summed E-state index contributed by atoms with van der Waals surface area (Å²) in [5, 5.41) is 12.2. The Balaban J connectivity index is 1.57. The number of hydrogen-bond acceptors (Lipinski definition) is 6. The molecular weight excluding hydrogens is 388 g/mol. The van der Waals surface area contributed by atoms with Crippen LogP contribution in [-0.4, -0.2) is 46.6 Å². The Labute approximate surface area is 175 Å². The lowest BCUT2D eigenvalue weighted by atomic mass is 9.84. The first-order valence-corrected chi connectivity index (χ1v) is 10.9. The van der Waals surface area contributed by atoms with Gasteiger partial charge in [0.25, 0.3) is 0 Å². The molecule has 0 radical (unpaired) electrons. The maximum atomic E-state index is 12.7. The van der Waals surface area contributed by atoms with Crippen molar-refractivity contribution in [3.05, 3.63) is 24.3 Å². The van der Waals surface area contributed by atoms with Gasteiger partial charge in [0.05, 0.1) is 7.11 Å². The van der Waals surface area contributed by atoms with E-state index < -0.39 is 0 Å². The highest BCUT2D eigenvalue weighted by Gasteiger charge is 2.31. The molecule has 1 N–H and O–H groups in total.